The van der Waals surface area contributed by atoms with Gasteiger partial charge in [-0.2, -0.15) is 0 Å². The third kappa shape index (κ3) is 5.48. The van der Waals surface area contributed by atoms with Gasteiger partial charge in [0.1, 0.15) is 5.83 Å². The largest absolute Gasteiger partial charge is 0.290 e. The SMILES string of the molecule is C/C=C(/F)C=NCCCC. The zero-order valence-corrected chi connectivity index (χ0v) is 6.60. The summed E-state index contributed by atoms with van der Waals surface area (Å²) in [6.07, 6.45) is 4.81. The molecule has 0 heterocycles. The third-order valence-electron chi connectivity index (χ3n) is 1.13. The highest BCUT2D eigenvalue weighted by molar-refractivity contribution is 5.75. The van der Waals surface area contributed by atoms with Crippen molar-refractivity contribution in [1.82, 2.24) is 0 Å². The summed E-state index contributed by atoms with van der Waals surface area (Å²) in [6, 6.07) is 0. The lowest BCUT2D eigenvalue weighted by molar-refractivity contribution is 0.682. The fourth-order valence-electron chi connectivity index (χ4n) is 0.476. The van der Waals surface area contributed by atoms with Gasteiger partial charge in [-0.3, -0.25) is 4.99 Å². The second-order valence-electron chi connectivity index (χ2n) is 2.06. The second-order valence-corrected chi connectivity index (χ2v) is 2.06. The van der Waals surface area contributed by atoms with Gasteiger partial charge in [0.2, 0.25) is 0 Å². The van der Waals surface area contributed by atoms with Crippen molar-refractivity contribution >= 4 is 6.21 Å². The van der Waals surface area contributed by atoms with Crippen LogP contribution < -0.4 is 0 Å². The molecule has 0 amide bonds. The van der Waals surface area contributed by atoms with Crippen molar-refractivity contribution in [3.05, 3.63) is 11.9 Å². The average molecular weight is 143 g/mol. The first kappa shape index (κ1) is 9.34. The number of halogens is 1. The third-order valence-corrected chi connectivity index (χ3v) is 1.13. The maximum atomic E-state index is 12.3. The zero-order valence-electron chi connectivity index (χ0n) is 6.60. The molecule has 10 heavy (non-hydrogen) atoms. The van der Waals surface area contributed by atoms with Gasteiger partial charge >= 0.3 is 0 Å². The lowest BCUT2D eigenvalue weighted by atomic mass is 10.3. The molecule has 0 radical (unpaired) electrons. The van der Waals surface area contributed by atoms with Gasteiger partial charge in [0.05, 0.1) is 6.21 Å². The Hall–Kier alpha value is -0.660. The van der Waals surface area contributed by atoms with Gasteiger partial charge in [-0.05, 0) is 13.3 Å². The van der Waals surface area contributed by atoms with Crippen LogP contribution in [-0.4, -0.2) is 12.8 Å². The molecule has 0 rings (SSSR count). The maximum Gasteiger partial charge on any atom is 0.136 e. The highest BCUT2D eigenvalue weighted by atomic mass is 19.1. The number of aliphatic imine (C=N–C) groups is 1. The molecule has 0 spiro atoms. The van der Waals surface area contributed by atoms with Crippen LogP contribution in [-0.2, 0) is 0 Å². The van der Waals surface area contributed by atoms with E-state index < -0.39 is 0 Å². The molecule has 0 aromatic heterocycles. The lowest BCUT2D eigenvalue weighted by Gasteiger charge is -1.87. The number of nitrogens with zero attached hydrogens (tertiary/aromatic N) is 1. The Labute approximate surface area is 61.7 Å². The molecule has 0 unspecified atom stereocenters. The number of allylic oxidation sites excluding steroid dienone is 2. The van der Waals surface area contributed by atoms with Crippen molar-refractivity contribution < 1.29 is 4.39 Å². The molecule has 0 aliphatic heterocycles. The minimum atomic E-state index is -0.254. The summed E-state index contributed by atoms with van der Waals surface area (Å²) in [4.78, 5) is 3.86. The Morgan fingerprint density at radius 3 is 2.80 bits per heavy atom. The Balaban J connectivity index is 3.37. The molecule has 58 valence electrons. The van der Waals surface area contributed by atoms with Crippen LogP contribution in [0.3, 0.4) is 0 Å². The van der Waals surface area contributed by atoms with E-state index in [0.717, 1.165) is 19.4 Å². The van der Waals surface area contributed by atoms with Crippen molar-refractivity contribution in [2.75, 3.05) is 6.54 Å². The van der Waals surface area contributed by atoms with Crippen molar-refractivity contribution in [3.8, 4) is 0 Å². The van der Waals surface area contributed by atoms with E-state index in [4.69, 9.17) is 0 Å². The van der Waals surface area contributed by atoms with E-state index in [-0.39, 0.29) is 5.83 Å². The Morgan fingerprint density at radius 2 is 2.30 bits per heavy atom. The van der Waals surface area contributed by atoms with Crippen LogP contribution in [0.25, 0.3) is 0 Å². The van der Waals surface area contributed by atoms with Crippen LogP contribution in [0.2, 0.25) is 0 Å². The van der Waals surface area contributed by atoms with Gasteiger partial charge in [0, 0.05) is 6.54 Å². The Morgan fingerprint density at radius 1 is 1.60 bits per heavy atom. The summed E-state index contributed by atoms with van der Waals surface area (Å²) < 4.78 is 12.3. The minimum absolute atomic E-state index is 0.254. The second kappa shape index (κ2) is 6.46. The summed E-state index contributed by atoms with van der Waals surface area (Å²) in [5, 5.41) is 0. The molecule has 0 saturated carbocycles. The lowest BCUT2D eigenvalue weighted by Crippen LogP contribution is -1.80. The van der Waals surface area contributed by atoms with E-state index in [9.17, 15) is 4.39 Å². The molecule has 0 atom stereocenters. The number of rotatable bonds is 4. The van der Waals surface area contributed by atoms with E-state index in [0.29, 0.717) is 0 Å². The molecular weight excluding hydrogens is 129 g/mol. The average Bonchev–Trinajstić information content (AvgIpc) is 1.98. The van der Waals surface area contributed by atoms with E-state index in [1.165, 1.54) is 12.3 Å². The van der Waals surface area contributed by atoms with Crippen LogP contribution in [0.15, 0.2) is 16.9 Å². The first-order valence-corrected chi connectivity index (χ1v) is 3.63. The van der Waals surface area contributed by atoms with E-state index >= 15 is 0 Å². The van der Waals surface area contributed by atoms with Crippen molar-refractivity contribution in [2.45, 2.75) is 26.7 Å². The summed E-state index contributed by atoms with van der Waals surface area (Å²) >= 11 is 0. The van der Waals surface area contributed by atoms with Gasteiger partial charge in [0.25, 0.3) is 0 Å². The molecular formula is C8H14FN. The van der Waals surface area contributed by atoms with Gasteiger partial charge in [0.15, 0.2) is 0 Å². The normalized spacial score (nSPS) is 12.9. The van der Waals surface area contributed by atoms with Gasteiger partial charge in [-0.15, -0.1) is 0 Å². The minimum Gasteiger partial charge on any atom is -0.290 e. The fraction of sp³-hybridized carbons (Fsp3) is 0.625. The number of unbranched alkanes of at least 4 members (excludes halogenated alkanes) is 1. The van der Waals surface area contributed by atoms with Crippen molar-refractivity contribution in [1.29, 1.82) is 0 Å². The topological polar surface area (TPSA) is 12.4 Å². The molecule has 2 heteroatoms. The molecule has 0 aromatic rings. The van der Waals surface area contributed by atoms with Gasteiger partial charge in [-0.25, -0.2) is 4.39 Å². The van der Waals surface area contributed by atoms with Gasteiger partial charge < -0.3 is 0 Å². The van der Waals surface area contributed by atoms with E-state index in [1.54, 1.807) is 6.92 Å². The highest BCUT2D eigenvalue weighted by Crippen LogP contribution is 1.91. The number of hydrogen-bond acceptors (Lipinski definition) is 1. The first-order valence-electron chi connectivity index (χ1n) is 3.63. The molecule has 0 saturated heterocycles. The summed E-state index contributed by atoms with van der Waals surface area (Å²) in [5.74, 6) is -0.254. The van der Waals surface area contributed by atoms with E-state index in [1.807, 2.05) is 0 Å². The van der Waals surface area contributed by atoms with E-state index in [2.05, 4.69) is 11.9 Å². The smallest absolute Gasteiger partial charge is 0.136 e. The number of hydrogen-bond donors (Lipinski definition) is 0. The van der Waals surface area contributed by atoms with Crippen LogP contribution in [0, 0.1) is 0 Å². The Bertz CT molecular complexity index is 127. The molecule has 0 aliphatic carbocycles. The predicted octanol–water partition coefficient (Wildman–Crippen LogP) is 2.73. The van der Waals surface area contributed by atoms with Crippen LogP contribution in [0.5, 0.6) is 0 Å². The molecule has 0 bridgehead atoms. The van der Waals surface area contributed by atoms with Gasteiger partial charge in [-0.1, -0.05) is 19.4 Å². The summed E-state index contributed by atoms with van der Waals surface area (Å²) in [6.45, 7) is 4.47. The first-order chi connectivity index (χ1) is 4.81. The maximum absolute atomic E-state index is 12.3. The predicted molar refractivity (Wildman–Crippen MR) is 43.1 cm³/mol. The fourth-order valence-corrected chi connectivity index (χ4v) is 0.476. The highest BCUT2D eigenvalue weighted by Gasteiger charge is 1.82. The molecule has 1 nitrogen and oxygen atoms in total. The van der Waals surface area contributed by atoms with Crippen LogP contribution in [0.4, 0.5) is 4.39 Å². The standard InChI is InChI=1S/C8H14FN/c1-3-5-6-10-7-8(9)4-2/h4,7H,3,5-6H2,1-2H3/b8-4+,10-7?. The molecule has 0 N–H and O–H groups in total. The quantitative estimate of drug-likeness (QED) is 0.424. The summed E-state index contributed by atoms with van der Waals surface area (Å²) in [7, 11) is 0. The molecule has 0 aromatic carbocycles. The van der Waals surface area contributed by atoms with Crippen molar-refractivity contribution in [2.24, 2.45) is 4.99 Å². The molecule has 0 fully saturated rings. The zero-order chi connectivity index (χ0) is 7.82. The van der Waals surface area contributed by atoms with Crippen molar-refractivity contribution in [3.63, 3.8) is 0 Å². The van der Waals surface area contributed by atoms with Crippen LogP contribution in [0.1, 0.15) is 26.7 Å². The molecule has 0 aliphatic rings. The monoisotopic (exact) mass is 143 g/mol. The Kier molecular flexibility index (Phi) is 6.03. The summed E-state index contributed by atoms with van der Waals surface area (Å²) in [5.41, 5.74) is 0. The van der Waals surface area contributed by atoms with Crippen LogP contribution >= 0.6 is 0 Å².